The molecular formula is C27H42N2O3. The minimum Gasteiger partial charge on any atom is -0.356 e. The van der Waals surface area contributed by atoms with Gasteiger partial charge < -0.3 is 5.32 Å². The van der Waals surface area contributed by atoms with Crippen LogP contribution < -0.4 is 5.32 Å². The summed E-state index contributed by atoms with van der Waals surface area (Å²) in [4.78, 5) is 38.9. The summed E-state index contributed by atoms with van der Waals surface area (Å²) in [5.41, 5.74) is 1.04. The number of amides is 3. The van der Waals surface area contributed by atoms with Gasteiger partial charge in [0.2, 0.25) is 11.8 Å². The maximum absolute atomic E-state index is 12.7. The Morgan fingerprint density at radius 2 is 2.00 bits per heavy atom. The summed E-state index contributed by atoms with van der Waals surface area (Å²) in [7, 11) is 0. The standard InChI is InChI=1S/C27H42N2O3/c1-5-8-10-12-14-19-25(30)29-24(23(7-3)21-26(29)31)18-15-16-20-28-27(32)22(4)17-13-11-9-6-2/h2,5,21-22,24H,1,7-20H2,3-4H3,(H,28,32)/t22-,24-/m0/s1. The highest BCUT2D eigenvalue weighted by Gasteiger charge is 2.35. The van der Waals surface area contributed by atoms with Gasteiger partial charge in [-0.25, -0.2) is 0 Å². The van der Waals surface area contributed by atoms with Gasteiger partial charge in [-0.05, 0) is 63.4 Å². The summed E-state index contributed by atoms with van der Waals surface area (Å²) in [5.74, 6) is 2.47. The number of carbonyl (C=O) groups is 3. The molecule has 0 fully saturated rings. The number of unbranched alkanes of at least 4 members (excludes halogenated alkanes) is 6. The molecule has 0 radical (unpaired) electrons. The van der Waals surface area contributed by atoms with Crippen molar-refractivity contribution in [3.8, 4) is 12.3 Å². The number of carbonyl (C=O) groups excluding carboxylic acids is 3. The Hall–Kier alpha value is -2.35. The number of hydrogen-bond acceptors (Lipinski definition) is 3. The predicted molar refractivity (Wildman–Crippen MR) is 131 cm³/mol. The lowest BCUT2D eigenvalue weighted by atomic mass is 9.99. The average Bonchev–Trinajstić information content (AvgIpc) is 3.11. The predicted octanol–water partition coefficient (Wildman–Crippen LogP) is 5.31. The van der Waals surface area contributed by atoms with Crippen LogP contribution in [0, 0.1) is 18.3 Å². The van der Waals surface area contributed by atoms with Crippen molar-refractivity contribution in [1.82, 2.24) is 10.2 Å². The Labute approximate surface area is 195 Å². The van der Waals surface area contributed by atoms with Crippen LogP contribution >= 0.6 is 0 Å². The molecule has 0 aliphatic carbocycles. The molecule has 1 heterocycles. The summed E-state index contributed by atoms with van der Waals surface area (Å²) in [6, 6.07) is -0.126. The second-order valence-electron chi connectivity index (χ2n) is 8.72. The van der Waals surface area contributed by atoms with Crippen molar-refractivity contribution >= 4 is 17.7 Å². The third-order valence-corrected chi connectivity index (χ3v) is 6.12. The first kappa shape index (κ1) is 27.7. The van der Waals surface area contributed by atoms with E-state index in [1.165, 1.54) is 4.90 Å². The molecule has 0 aromatic rings. The van der Waals surface area contributed by atoms with Crippen LogP contribution in [-0.2, 0) is 14.4 Å². The van der Waals surface area contributed by atoms with Gasteiger partial charge in [0.05, 0.1) is 6.04 Å². The van der Waals surface area contributed by atoms with Crippen LogP contribution in [0.5, 0.6) is 0 Å². The number of nitrogens with one attached hydrogen (secondary N) is 1. The van der Waals surface area contributed by atoms with Crippen LogP contribution in [0.3, 0.4) is 0 Å². The van der Waals surface area contributed by atoms with Gasteiger partial charge in [0.25, 0.3) is 5.91 Å². The maximum atomic E-state index is 12.7. The molecule has 0 saturated heterocycles. The number of terminal acetylenes is 1. The van der Waals surface area contributed by atoms with E-state index in [9.17, 15) is 14.4 Å². The molecule has 1 aliphatic rings. The van der Waals surface area contributed by atoms with Gasteiger partial charge in [-0.15, -0.1) is 18.9 Å². The Balaban J connectivity index is 2.39. The van der Waals surface area contributed by atoms with Crippen molar-refractivity contribution in [2.24, 2.45) is 5.92 Å². The first-order valence-corrected chi connectivity index (χ1v) is 12.3. The van der Waals surface area contributed by atoms with E-state index >= 15 is 0 Å². The van der Waals surface area contributed by atoms with Crippen LogP contribution in [0.15, 0.2) is 24.3 Å². The van der Waals surface area contributed by atoms with Crippen LogP contribution in [0.25, 0.3) is 0 Å². The zero-order valence-electron chi connectivity index (χ0n) is 20.2. The van der Waals surface area contributed by atoms with Gasteiger partial charge in [-0.3, -0.25) is 19.3 Å². The van der Waals surface area contributed by atoms with Crippen molar-refractivity contribution in [2.75, 3.05) is 6.54 Å². The summed E-state index contributed by atoms with van der Waals surface area (Å²) < 4.78 is 0. The van der Waals surface area contributed by atoms with E-state index in [0.717, 1.165) is 82.6 Å². The van der Waals surface area contributed by atoms with Gasteiger partial charge in [-0.2, -0.15) is 0 Å². The highest BCUT2D eigenvalue weighted by atomic mass is 16.2. The quantitative estimate of drug-likeness (QED) is 0.188. The molecule has 32 heavy (non-hydrogen) atoms. The first-order chi connectivity index (χ1) is 15.5. The molecule has 0 aromatic heterocycles. The molecule has 0 saturated carbocycles. The molecule has 1 rings (SSSR count). The largest absolute Gasteiger partial charge is 0.356 e. The molecule has 0 aromatic carbocycles. The van der Waals surface area contributed by atoms with Crippen molar-refractivity contribution in [1.29, 1.82) is 0 Å². The van der Waals surface area contributed by atoms with Crippen molar-refractivity contribution in [3.05, 3.63) is 24.3 Å². The second-order valence-corrected chi connectivity index (χ2v) is 8.72. The van der Waals surface area contributed by atoms with Crippen LogP contribution in [0.2, 0.25) is 0 Å². The van der Waals surface area contributed by atoms with Gasteiger partial charge >= 0.3 is 0 Å². The molecule has 0 spiro atoms. The van der Waals surface area contributed by atoms with Crippen LogP contribution in [0.1, 0.15) is 97.3 Å². The number of nitrogens with zero attached hydrogens (tertiary/aromatic N) is 1. The number of allylic oxidation sites excluding steroid dienone is 1. The van der Waals surface area contributed by atoms with E-state index in [2.05, 4.69) is 17.8 Å². The van der Waals surface area contributed by atoms with Crippen molar-refractivity contribution in [2.45, 2.75) is 103 Å². The molecule has 0 unspecified atom stereocenters. The van der Waals surface area contributed by atoms with Gasteiger partial charge in [-0.1, -0.05) is 32.8 Å². The summed E-state index contributed by atoms with van der Waals surface area (Å²) >= 11 is 0. The van der Waals surface area contributed by atoms with E-state index in [-0.39, 0.29) is 29.7 Å². The topological polar surface area (TPSA) is 66.5 Å². The first-order valence-electron chi connectivity index (χ1n) is 12.3. The molecule has 3 amide bonds. The number of rotatable bonds is 17. The molecule has 178 valence electrons. The average molecular weight is 443 g/mol. The summed E-state index contributed by atoms with van der Waals surface area (Å²) in [6.45, 7) is 8.32. The van der Waals surface area contributed by atoms with Crippen LogP contribution in [-0.4, -0.2) is 35.2 Å². The molecule has 1 N–H and O–H groups in total. The maximum Gasteiger partial charge on any atom is 0.253 e. The van der Waals surface area contributed by atoms with Crippen molar-refractivity contribution < 1.29 is 14.4 Å². The normalized spacial score (nSPS) is 16.4. The molecular weight excluding hydrogens is 400 g/mol. The van der Waals surface area contributed by atoms with E-state index in [1.54, 1.807) is 6.08 Å². The highest BCUT2D eigenvalue weighted by Crippen LogP contribution is 2.27. The highest BCUT2D eigenvalue weighted by molar-refractivity contribution is 6.04. The van der Waals surface area contributed by atoms with Gasteiger partial charge in [0.1, 0.15) is 0 Å². The number of hydrogen-bond donors (Lipinski definition) is 1. The van der Waals surface area contributed by atoms with Gasteiger partial charge in [0.15, 0.2) is 0 Å². The molecule has 5 heteroatoms. The lowest BCUT2D eigenvalue weighted by Crippen LogP contribution is -2.40. The zero-order chi connectivity index (χ0) is 23.8. The zero-order valence-corrected chi connectivity index (χ0v) is 20.2. The second kappa shape index (κ2) is 16.3. The monoisotopic (exact) mass is 442 g/mol. The fourth-order valence-electron chi connectivity index (χ4n) is 4.11. The number of imide groups is 1. The Kier molecular flexibility index (Phi) is 14.1. The summed E-state index contributed by atoms with van der Waals surface area (Å²) in [5, 5.41) is 3.01. The Bertz CT molecular complexity index is 690. The smallest absolute Gasteiger partial charge is 0.253 e. The molecule has 1 aliphatic heterocycles. The molecule has 5 nitrogen and oxygen atoms in total. The van der Waals surface area contributed by atoms with E-state index in [1.807, 2.05) is 19.9 Å². The van der Waals surface area contributed by atoms with E-state index in [0.29, 0.717) is 13.0 Å². The summed E-state index contributed by atoms with van der Waals surface area (Å²) in [6.07, 6.45) is 19.7. The Morgan fingerprint density at radius 3 is 2.69 bits per heavy atom. The minimum absolute atomic E-state index is 0.00514. The van der Waals surface area contributed by atoms with Crippen LogP contribution in [0.4, 0.5) is 0 Å². The third kappa shape index (κ3) is 9.85. The Morgan fingerprint density at radius 1 is 1.22 bits per heavy atom. The van der Waals surface area contributed by atoms with Crippen molar-refractivity contribution in [3.63, 3.8) is 0 Å². The van der Waals surface area contributed by atoms with E-state index in [4.69, 9.17) is 6.42 Å². The fraction of sp³-hybridized carbons (Fsp3) is 0.667. The van der Waals surface area contributed by atoms with Gasteiger partial charge in [0, 0.05) is 31.4 Å². The minimum atomic E-state index is -0.171. The lowest BCUT2D eigenvalue weighted by Gasteiger charge is -2.26. The third-order valence-electron chi connectivity index (χ3n) is 6.12. The SMILES string of the molecule is C#CCCCC[C@H](C)C(=O)NCCCC[C@H]1C(CC)=CC(=O)N1C(=O)CCCCCC=C. The molecule has 0 bridgehead atoms. The lowest BCUT2D eigenvalue weighted by molar-refractivity contribution is -0.142. The van der Waals surface area contributed by atoms with E-state index < -0.39 is 0 Å². The molecule has 2 atom stereocenters. The fourth-order valence-corrected chi connectivity index (χ4v) is 4.11.